The molecule has 0 aliphatic rings. The van der Waals surface area contributed by atoms with E-state index in [2.05, 4.69) is 0 Å². The molecule has 0 aliphatic carbocycles. The molecule has 2 aromatic rings. The molecule has 0 heterocycles. The van der Waals surface area contributed by atoms with Gasteiger partial charge in [-0.2, -0.15) is 5.26 Å². The molecular weight excluding hydrogens is 236 g/mol. The molecule has 90 valence electrons. The molecule has 0 fully saturated rings. The van der Waals surface area contributed by atoms with Gasteiger partial charge in [0, 0.05) is 5.56 Å². The van der Waals surface area contributed by atoms with Crippen LogP contribution in [0.1, 0.15) is 11.1 Å². The molecular formula is C14H9F2NO. The Balaban J connectivity index is 2.16. The van der Waals surface area contributed by atoms with Gasteiger partial charge in [-0.3, -0.25) is 0 Å². The van der Waals surface area contributed by atoms with Crippen LogP contribution in [0.25, 0.3) is 0 Å². The van der Waals surface area contributed by atoms with Crippen LogP contribution in [0.4, 0.5) is 8.78 Å². The lowest BCUT2D eigenvalue weighted by molar-refractivity contribution is 0.298. The number of halogens is 2. The van der Waals surface area contributed by atoms with Crippen LogP contribution in [-0.2, 0) is 6.61 Å². The van der Waals surface area contributed by atoms with E-state index in [1.54, 1.807) is 18.2 Å². The molecule has 0 bridgehead atoms. The van der Waals surface area contributed by atoms with Crippen molar-refractivity contribution in [1.82, 2.24) is 0 Å². The van der Waals surface area contributed by atoms with Crippen molar-refractivity contribution in [2.75, 3.05) is 0 Å². The Labute approximate surface area is 103 Å². The number of hydrogen-bond donors (Lipinski definition) is 0. The van der Waals surface area contributed by atoms with Crippen molar-refractivity contribution in [3.8, 4) is 11.8 Å². The molecule has 2 aromatic carbocycles. The van der Waals surface area contributed by atoms with E-state index in [0.29, 0.717) is 5.56 Å². The number of nitriles is 1. The number of rotatable bonds is 3. The van der Waals surface area contributed by atoms with E-state index in [-0.39, 0.29) is 23.7 Å². The number of nitrogens with zero attached hydrogens (tertiary/aromatic N) is 1. The molecule has 0 aromatic heterocycles. The summed E-state index contributed by atoms with van der Waals surface area (Å²) >= 11 is 0. The van der Waals surface area contributed by atoms with Gasteiger partial charge in [0.2, 0.25) is 0 Å². The smallest absolute Gasteiger partial charge is 0.137 e. The van der Waals surface area contributed by atoms with Crippen LogP contribution in [0.15, 0.2) is 42.5 Å². The normalized spacial score (nSPS) is 9.83. The van der Waals surface area contributed by atoms with Crippen LogP contribution in [0.5, 0.6) is 5.75 Å². The van der Waals surface area contributed by atoms with Crippen LogP contribution in [0.3, 0.4) is 0 Å². The van der Waals surface area contributed by atoms with Gasteiger partial charge in [0.25, 0.3) is 0 Å². The predicted octanol–water partition coefficient (Wildman–Crippen LogP) is 3.42. The Bertz CT molecular complexity index is 605. The highest BCUT2D eigenvalue weighted by molar-refractivity contribution is 5.43. The Morgan fingerprint density at radius 2 is 1.89 bits per heavy atom. The van der Waals surface area contributed by atoms with Gasteiger partial charge in [0.1, 0.15) is 30.1 Å². The highest BCUT2D eigenvalue weighted by Crippen LogP contribution is 2.20. The van der Waals surface area contributed by atoms with E-state index in [9.17, 15) is 8.78 Å². The largest absolute Gasteiger partial charge is 0.487 e. The summed E-state index contributed by atoms with van der Waals surface area (Å²) in [4.78, 5) is 0. The van der Waals surface area contributed by atoms with Crippen LogP contribution >= 0.6 is 0 Å². The van der Waals surface area contributed by atoms with Crippen LogP contribution in [0.2, 0.25) is 0 Å². The number of hydrogen-bond acceptors (Lipinski definition) is 2. The van der Waals surface area contributed by atoms with E-state index in [0.717, 1.165) is 6.07 Å². The third kappa shape index (κ3) is 2.64. The molecule has 0 saturated heterocycles. The predicted molar refractivity (Wildman–Crippen MR) is 61.8 cm³/mol. The van der Waals surface area contributed by atoms with Gasteiger partial charge in [-0.15, -0.1) is 0 Å². The van der Waals surface area contributed by atoms with Gasteiger partial charge in [0.05, 0.1) is 5.56 Å². The SMILES string of the molecule is N#Cc1cc(F)ccc1OCc1ccccc1F. The molecule has 0 spiro atoms. The Morgan fingerprint density at radius 1 is 1.11 bits per heavy atom. The minimum absolute atomic E-state index is 0.00696. The summed E-state index contributed by atoms with van der Waals surface area (Å²) in [5.41, 5.74) is 0.469. The second-order valence-corrected chi connectivity index (χ2v) is 3.63. The maximum Gasteiger partial charge on any atom is 0.137 e. The fraction of sp³-hybridized carbons (Fsp3) is 0.0714. The lowest BCUT2D eigenvalue weighted by Gasteiger charge is -2.08. The van der Waals surface area contributed by atoms with Crippen LogP contribution < -0.4 is 4.74 Å². The van der Waals surface area contributed by atoms with Crippen molar-refractivity contribution in [1.29, 1.82) is 5.26 Å². The van der Waals surface area contributed by atoms with Gasteiger partial charge < -0.3 is 4.74 Å². The second kappa shape index (κ2) is 5.28. The molecule has 0 unspecified atom stereocenters. The summed E-state index contributed by atoms with van der Waals surface area (Å²) in [7, 11) is 0. The topological polar surface area (TPSA) is 33.0 Å². The van der Waals surface area contributed by atoms with Gasteiger partial charge >= 0.3 is 0 Å². The van der Waals surface area contributed by atoms with Gasteiger partial charge in [-0.1, -0.05) is 18.2 Å². The van der Waals surface area contributed by atoms with E-state index in [1.165, 1.54) is 18.2 Å². The molecule has 4 heteroatoms. The minimum Gasteiger partial charge on any atom is -0.487 e. The first-order chi connectivity index (χ1) is 8.70. The van der Waals surface area contributed by atoms with Crippen molar-refractivity contribution >= 4 is 0 Å². The molecule has 0 saturated carbocycles. The zero-order chi connectivity index (χ0) is 13.0. The average Bonchev–Trinajstić information content (AvgIpc) is 2.39. The van der Waals surface area contributed by atoms with Crippen molar-refractivity contribution in [2.24, 2.45) is 0 Å². The van der Waals surface area contributed by atoms with Gasteiger partial charge in [0.15, 0.2) is 0 Å². The third-order valence-corrected chi connectivity index (χ3v) is 2.40. The number of benzene rings is 2. The summed E-state index contributed by atoms with van der Waals surface area (Å²) in [6.45, 7) is -0.00696. The Kier molecular flexibility index (Phi) is 3.54. The first-order valence-corrected chi connectivity index (χ1v) is 5.26. The zero-order valence-electron chi connectivity index (χ0n) is 9.36. The van der Waals surface area contributed by atoms with Gasteiger partial charge in [-0.25, -0.2) is 8.78 Å². The van der Waals surface area contributed by atoms with E-state index < -0.39 is 5.82 Å². The summed E-state index contributed by atoms with van der Waals surface area (Å²) in [5.74, 6) is -0.648. The Morgan fingerprint density at radius 3 is 2.61 bits per heavy atom. The van der Waals surface area contributed by atoms with Gasteiger partial charge in [-0.05, 0) is 24.3 Å². The van der Waals surface area contributed by atoms with Crippen molar-refractivity contribution < 1.29 is 13.5 Å². The fourth-order valence-electron chi connectivity index (χ4n) is 1.49. The van der Waals surface area contributed by atoms with Crippen molar-refractivity contribution in [3.63, 3.8) is 0 Å². The first kappa shape index (κ1) is 12.1. The highest BCUT2D eigenvalue weighted by atomic mass is 19.1. The molecule has 0 N–H and O–H groups in total. The standard InChI is InChI=1S/C14H9F2NO/c15-12-5-6-14(11(7-12)8-17)18-9-10-3-1-2-4-13(10)16/h1-7H,9H2. The summed E-state index contributed by atoms with van der Waals surface area (Å²) in [5, 5.41) is 8.82. The van der Waals surface area contributed by atoms with Crippen LogP contribution in [-0.4, -0.2) is 0 Å². The number of ether oxygens (including phenoxy) is 1. The van der Waals surface area contributed by atoms with E-state index in [1.807, 2.05) is 6.07 Å². The second-order valence-electron chi connectivity index (χ2n) is 3.63. The Hall–Kier alpha value is -2.41. The molecule has 18 heavy (non-hydrogen) atoms. The molecule has 0 aliphatic heterocycles. The quantitative estimate of drug-likeness (QED) is 0.830. The maximum absolute atomic E-state index is 13.3. The van der Waals surface area contributed by atoms with E-state index in [4.69, 9.17) is 10.00 Å². The summed E-state index contributed by atoms with van der Waals surface area (Å²) < 4.78 is 31.5. The lowest BCUT2D eigenvalue weighted by Crippen LogP contribution is -1.99. The third-order valence-electron chi connectivity index (χ3n) is 2.40. The van der Waals surface area contributed by atoms with E-state index >= 15 is 0 Å². The average molecular weight is 245 g/mol. The first-order valence-electron chi connectivity index (χ1n) is 5.26. The lowest BCUT2D eigenvalue weighted by atomic mass is 10.2. The maximum atomic E-state index is 13.3. The highest BCUT2D eigenvalue weighted by Gasteiger charge is 2.07. The molecule has 0 amide bonds. The van der Waals surface area contributed by atoms with Crippen molar-refractivity contribution in [2.45, 2.75) is 6.61 Å². The monoisotopic (exact) mass is 245 g/mol. The summed E-state index contributed by atoms with van der Waals surface area (Å²) in [6, 6.07) is 11.6. The molecule has 2 rings (SSSR count). The zero-order valence-corrected chi connectivity index (χ0v) is 9.36. The minimum atomic E-state index is -0.509. The molecule has 0 radical (unpaired) electrons. The van der Waals surface area contributed by atoms with Crippen molar-refractivity contribution in [3.05, 3.63) is 65.2 Å². The molecule has 0 atom stereocenters. The fourth-order valence-corrected chi connectivity index (χ4v) is 1.49. The molecule has 2 nitrogen and oxygen atoms in total. The van der Waals surface area contributed by atoms with Crippen LogP contribution in [0, 0.1) is 23.0 Å². The summed E-state index contributed by atoms with van der Waals surface area (Å²) in [6.07, 6.45) is 0.